The zero-order chi connectivity index (χ0) is 14.5. The summed E-state index contributed by atoms with van der Waals surface area (Å²) in [6, 6.07) is 10.2. The fraction of sp³-hybridized carbons (Fsp3) is 0.143. The highest BCUT2D eigenvalue weighted by molar-refractivity contribution is 5.93. The molecule has 0 atom stereocenters. The summed E-state index contributed by atoms with van der Waals surface area (Å²) >= 11 is 0. The molecule has 2 rings (SSSR count). The maximum atomic E-state index is 7.36. The second-order valence-electron chi connectivity index (χ2n) is 3.93. The molecule has 0 aliphatic carbocycles. The fourth-order valence-corrected chi connectivity index (χ4v) is 1.58. The lowest BCUT2D eigenvalue weighted by atomic mass is 10.3. The number of benzene rings is 1. The number of hydrogen-bond donors (Lipinski definition) is 2. The summed E-state index contributed by atoms with van der Waals surface area (Å²) < 4.78 is 16.0. The highest BCUT2D eigenvalue weighted by Crippen LogP contribution is 2.30. The standard InChI is InChI=1S/C14H15N3O3/c1-18-9-6-10(19-2)8-11(7-9)20-13-5-3-4-12(17-13)14(15)16/h3-8H,1-2H3,(H3,15,16). The smallest absolute Gasteiger partial charge is 0.219 e. The molecule has 0 bridgehead atoms. The highest BCUT2D eigenvalue weighted by atomic mass is 16.5. The Morgan fingerprint density at radius 1 is 1.05 bits per heavy atom. The van der Waals surface area contributed by atoms with E-state index in [0.717, 1.165) is 0 Å². The molecule has 0 spiro atoms. The van der Waals surface area contributed by atoms with Gasteiger partial charge in [0.2, 0.25) is 5.88 Å². The van der Waals surface area contributed by atoms with Gasteiger partial charge in [0.15, 0.2) is 0 Å². The average molecular weight is 273 g/mol. The normalized spacial score (nSPS) is 9.90. The number of nitrogens with one attached hydrogen (secondary N) is 1. The fourth-order valence-electron chi connectivity index (χ4n) is 1.58. The molecule has 2 aromatic rings. The lowest BCUT2D eigenvalue weighted by molar-refractivity contribution is 0.385. The molecule has 0 amide bonds. The van der Waals surface area contributed by atoms with Gasteiger partial charge < -0.3 is 19.9 Å². The van der Waals surface area contributed by atoms with Crippen LogP contribution in [-0.2, 0) is 0 Å². The van der Waals surface area contributed by atoms with Crippen LogP contribution >= 0.6 is 0 Å². The number of amidine groups is 1. The summed E-state index contributed by atoms with van der Waals surface area (Å²) in [5.74, 6) is 1.98. The second-order valence-corrected chi connectivity index (χ2v) is 3.93. The maximum Gasteiger partial charge on any atom is 0.219 e. The van der Waals surface area contributed by atoms with Crippen LogP contribution in [0, 0.1) is 5.41 Å². The third-order valence-corrected chi connectivity index (χ3v) is 2.55. The number of nitrogen functional groups attached to an aromatic ring is 1. The molecule has 1 heterocycles. The van der Waals surface area contributed by atoms with Gasteiger partial charge in [-0.2, -0.15) is 0 Å². The van der Waals surface area contributed by atoms with Crippen molar-refractivity contribution in [2.75, 3.05) is 14.2 Å². The topological polar surface area (TPSA) is 90.5 Å². The van der Waals surface area contributed by atoms with Crippen LogP contribution in [0.15, 0.2) is 36.4 Å². The first-order valence-electron chi connectivity index (χ1n) is 5.84. The summed E-state index contributed by atoms with van der Waals surface area (Å²) in [4.78, 5) is 4.13. The first-order chi connectivity index (χ1) is 9.62. The molecule has 1 aromatic heterocycles. The summed E-state index contributed by atoms with van der Waals surface area (Å²) in [6.07, 6.45) is 0. The minimum atomic E-state index is -0.112. The van der Waals surface area contributed by atoms with E-state index in [0.29, 0.717) is 28.8 Å². The van der Waals surface area contributed by atoms with E-state index < -0.39 is 0 Å². The summed E-state index contributed by atoms with van der Waals surface area (Å²) in [7, 11) is 3.13. The Bertz CT molecular complexity index is 607. The predicted octanol–water partition coefficient (Wildman–Crippen LogP) is 2.18. The van der Waals surface area contributed by atoms with E-state index in [4.69, 9.17) is 25.4 Å². The van der Waals surface area contributed by atoms with Crippen LogP contribution in [0.2, 0.25) is 0 Å². The molecule has 20 heavy (non-hydrogen) atoms. The van der Waals surface area contributed by atoms with Crippen LogP contribution in [-0.4, -0.2) is 25.0 Å². The van der Waals surface area contributed by atoms with E-state index in [9.17, 15) is 0 Å². The number of rotatable bonds is 5. The van der Waals surface area contributed by atoms with Gasteiger partial charge in [0, 0.05) is 24.3 Å². The zero-order valence-electron chi connectivity index (χ0n) is 11.2. The molecule has 0 fully saturated rings. The molecule has 104 valence electrons. The van der Waals surface area contributed by atoms with E-state index in [-0.39, 0.29) is 5.84 Å². The van der Waals surface area contributed by atoms with Crippen molar-refractivity contribution in [3.8, 4) is 23.1 Å². The molecule has 3 N–H and O–H groups in total. The van der Waals surface area contributed by atoms with Crippen molar-refractivity contribution in [1.29, 1.82) is 5.41 Å². The van der Waals surface area contributed by atoms with Crippen molar-refractivity contribution in [2.45, 2.75) is 0 Å². The SMILES string of the molecule is COc1cc(OC)cc(Oc2cccc(C(=N)N)n2)c1. The van der Waals surface area contributed by atoms with Gasteiger partial charge >= 0.3 is 0 Å². The van der Waals surface area contributed by atoms with Crippen LogP contribution in [0.3, 0.4) is 0 Å². The third kappa shape index (κ3) is 3.17. The number of ether oxygens (including phenoxy) is 3. The number of aromatic nitrogens is 1. The Hall–Kier alpha value is -2.76. The van der Waals surface area contributed by atoms with Crippen LogP contribution in [0.25, 0.3) is 0 Å². The quantitative estimate of drug-likeness (QED) is 0.643. The van der Waals surface area contributed by atoms with E-state index in [1.54, 1.807) is 50.6 Å². The van der Waals surface area contributed by atoms with Gasteiger partial charge in [-0.1, -0.05) is 6.07 Å². The highest BCUT2D eigenvalue weighted by Gasteiger charge is 2.06. The summed E-state index contributed by atoms with van der Waals surface area (Å²) in [6.45, 7) is 0. The molecule has 0 aliphatic heterocycles. The molecule has 0 saturated heterocycles. The van der Waals surface area contributed by atoms with E-state index in [1.165, 1.54) is 0 Å². The van der Waals surface area contributed by atoms with Gasteiger partial charge in [-0.25, -0.2) is 4.98 Å². The van der Waals surface area contributed by atoms with Crippen molar-refractivity contribution in [1.82, 2.24) is 4.98 Å². The minimum Gasteiger partial charge on any atom is -0.496 e. The summed E-state index contributed by atoms with van der Waals surface area (Å²) in [5.41, 5.74) is 5.75. The number of methoxy groups -OCH3 is 2. The maximum absolute atomic E-state index is 7.36. The van der Waals surface area contributed by atoms with Crippen molar-refractivity contribution in [3.05, 3.63) is 42.1 Å². The number of nitrogens with two attached hydrogens (primary N) is 1. The molecule has 0 unspecified atom stereocenters. The molecule has 6 nitrogen and oxygen atoms in total. The van der Waals surface area contributed by atoms with Crippen LogP contribution in [0.4, 0.5) is 0 Å². The third-order valence-electron chi connectivity index (χ3n) is 2.55. The van der Waals surface area contributed by atoms with Gasteiger partial charge in [0.25, 0.3) is 0 Å². The number of nitrogens with zero attached hydrogens (tertiary/aromatic N) is 1. The Kier molecular flexibility index (Phi) is 4.05. The molecule has 1 aromatic carbocycles. The number of pyridine rings is 1. The summed E-state index contributed by atoms with van der Waals surface area (Å²) in [5, 5.41) is 7.36. The van der Waals surface area contributed by atoms with Crippen molar-refractivity contribution in [3.63, 3.8) is 0 Å². The van der Waals surface area contributed by atoms with Gasteiger partial charge in [-0.15, -0.1) is 0 Å². The van der Waals surface area contributed by atoms with Crippen molar-refractivity contribution >= 4 is 5.84 Å². The minimum absolute atomic E-state index is 0.112. The van der Waals surface area contributed by atoms with Gasteiger partial charge in [-0.05, 0) is 6.07 Å². The molecular weight excluding hydrogens is 258 g/mol. The number of hydrogen-bond acceptors (Lipinski definition) is 5. The van der Waals surface area contributed by atoms with E-state index >= 15 is 0 Å². The Morgan fingerprint density at radius 2 is 1.65 bits per heavy atom. The molecule has 0 saturated carbocycles. The van der Waals surface area contributed by atoms with E-state index in [2.05, 4.69) is 4.98 Å². The van der Waals surface area contributed by atoms with Gasteiger partial charge in [0.1, 0.15) is 28.8 Å². The monoisotopic (exact) mass is 273 g/mol. The van der Waals surface area contributed by atoms with Gasteiger partial charge in [0.05, 0.1) is 14.2 Å². The first kappa shape index (κ1) is 13.7. The Labute approximate surface area is 116 Å². The molecule has 6 heteroatoms. The van der Waals surface area contributed by atoms with Gasteiger partial charge in [-0.3, -0.25) is 5.41 Å². The zero-order valence-corrected chi connectivity index (χ0v) is 11.2. The van der Waals surface area contributed by atoms with Crippen molar-refractivity contribution < 1.29 is 14.2 Å². The average Bonchev–Trinajstić information content (AvgIpc) is 2.47. The molecular formula is C14H15N3O3. The Morgan fingerprint density at radius 3 is 2.20 bits per heavy atom. The molecule has 0 aliphatic rings. The van der Waals surface area contributed by atoms with Crippen LogP contribution < -0.4 is 19.9 Å². The Balaban J connectivity index is 2.29. The largest absolute Gasteiger partial charge is 0.496 e. The van der Waals surface area contributed by atoms with Crippen LogP contribution in [0.1, 0.15) is 5.69 Å². The van der Waals surface area contributed by atoms with E-state index in [1.807, 2.05) is 0 Å². The molecule has 0 radical (unpaired) electrons. The lowest BCUT2D eigenvalue weighted by Gasteiger charge is -2.09. The first-order valence-corrected chi connectivity index (χ1v) is 5.84. The van der Waals surface area contributed by atoms with Crippen LogP contribution in [0.5, 0.6) is 23.1 Å². The lowest BCUT2D eigenvalue weighted by Crippen LogP contribution is -2.13. The predicted molar refractivity (Wildman–Crippen MR) is 74.9 cm³/mol. The second kappa shape index (κ2) is 5.92. The van der Waals surface area contributed by atoms with Crippen molar-refractivity contribution in [2.24, 2.45) is 5.73 Å².